The number of nitrogens with one attached hydrogen (secondary N) is 2. The van der Waals surface area contributed by atoms with Gasteiger partial charge < -0.3 is 10.1 Å². The molecule has 1 aromatic heterocycles. The molecule has 3 rings (SSSR count). The summed E-state index contributed by atoms with van der Waals surface area (Å²) in [5.74, 6) is -1.40. The van der Waals surface area contributed by atoms with E-state index in [1.165, 1.54) is 62.7 Å². The van der Waals surface area contributed by atoms with E-state index in [0.717, 1.165) is 12.3 Å². The number of benzene rings is 2. The first-order chi connectivity index (χ1) is 16.6. The van der Waals surface area contributed by atoms with Crippen LogP contribution in [0.25, 0.3) is 0 Å². The lowest BCUT2D eigenvalue weighted by atomic mass is 9.96. The molecular weight excluding hydrogens is 469 g/mol. The number of carbonyl (C=O) groups excluding carboxylic acids is 1. The summed E-state index contributed by atoms with van der Waals surface area (Å²) in [5.41, 5.74) is 0.660. The number of hydrogen-bond donors (Lipinski definition) is 2. The number of carbonyl (C=O) groups is 1. The number of aromatic nitrogens is 1. The quantitative estimate of drug-likeness (QED) is 0.406. The van der Waals surface area contributed by atoms with Crippen LogP contribution >= 0.6 is 0 Å². The molecule has 5 nitrogen and oxygen atoms in total. The molecule has 186 valence electrons. The summed E-state index contributed by atoms with van der Waals surface area (Å²) in [5, 5.41) is 5.78. The largest absolute Gasteiger partial charge is 0.494 e. The smallest absolute Gasteiger partial charge is 0.433 e. The number of rotatable bonds is 9. The maximum atomic E-state index is 14.0. The number of pyridine rings is 1. The van der Waals surface area contributed by atoms with E-state index >= 15 is 0 Å². The standard InChI is InChI=1S/C25H24F5N3O2/c1-31-24(34)23(16-5-8-18(26)9-6-16)33-20(17-7-10-19(27)21(13-17)35-2)11-3-15-4-12-22(32-14-15)25(28,29)30/h4-10,12-14,20,23,33H,3,11H2,1-2H3,(H,31,34)/t20-,23-/m1/s1. The molecule has 0 aliphatic heterocycles. The van der Waals surface area contributed by atoms with Gasteiger partial charge in [0.15, 0.2) is 11.6 Å². The highest BCUT2D eigenvalue weighted by Crippen LogP contribution is 2.30. The summed E-state index contributed by atoms with van der Waals surface area (Å²) in [6, 6.07) is 10.5. The van der Waals surface area contributed by atoms with E-state index in [9.17, 15) is 26.7 Å². The number of likely N-dealkylation sites (N-methyl/N-ethyl adjacent to an activating group) is 1. The maximum Gasteiger partial charge on any atom is 0.433 e. The summed E-state index contributed by atoms with van der Waals surface area (Å²) in [6.07, 6.45) is -2.74. The van der Waals surface area contributed by atoms with Gasteiger partial charge in [-0.05, 0) is 59.9 Å². The SMILES string of the molecule is CNC(=O)[C@H](N[C@H](CCc1ccc(C(F)(F)F)nc1)c1ccc(F)c(OC)c1)c1ccc(F)cc1. The normalized spacial score (nSPS) is 13.2. The van der Waals surface area contributed by atoms with Gasteiger partial charge in [0.25, 0.3) is 0 Å². The summed E-state index contributed by atoms with van der Waals surface area (Å²) in [4.78, 5) is 16.2. The van der Waals surface area contributed by atoms with Gasteiger partial charge in [-0.2, -0.15) is 13.2 Å². The van der Waals surface area contributed by atoms with Crippen LogP contribution in [0, 0.1) is 11.6 Å². The van der Waals surface area contributed by atoms with Gasteiger partial charge in [-0.1, -0.05) is 24.3 Å². The van der Waals surface area contributed by atoms with Crippen LogP contribution in [0.1, 0.15) is 40.9 Å². The predicted octanol–water partition coefficient (Wildman–Crippen LogP) is 5.14. The van der Waals surface area contributed by atoms with Crippen LogP contribution in [0.3, 0.4) is 0 Å². The van der Waals surface area contributed by atoms with Gasteiger partial charge in [0.05, 0.1) is 7.11 Å². The number of hydrogen-bond acceptors (Lipinski definition) is 4. The number of aryl methyl sites for hydroxylation is 1. The van der Waals surface area contributed by atoms with Crippen molar-refractivity contribution < 1.29 is 31.5 Å². The van der Waals surface area contributed by atoms with Gasteiger partial charge in [-0.15, -0.1) is 0 Å². The predicted molar refractivity (Wildman–Crippen MR) is 120 cm³/mol. The summed E-state index contributed by atoms with van der Waals surface area (Å²) < 4.78 is 71.0. The zero-order chi connectivity index (χ0) is 25.6. The molecule has 2 aromatic carbocycles. The highest BCUT2D eigenvalue weighted by atomic mass is 19.4. The van der Waals surface area contributed by atoms with Crippen LogP contribution in [0.4, 0.5) is 22.0 Å². The van der Waals surface area contributed by atoms with E-state index in [4.69, 9.17) is 4.74 Å². The second-order valence-electron chi connectivity index (χ2n) is 7.80. The van der Waals surface area contributed by atoms with Crippen LogP contribution in [0.5, 0.6) is 5.75 Å². The molecule has 0 saturated carbocycles. The Labute approximate surface area is 199 Å². The van der Waals surface area contributed by atoms with Gasteiger partial charge >= 0.3 is 6.18 Å². The molecule has 2 N–H and O–H groups in total. The van der Waals surface area contributed by atoms with Crippen molar-refractivity contribution in [1.29, 1.82) is 0 Å². The minimum atomic E-state index is -4.54. The lowest BCUT2D eigenvalue weighted by molar-refractivity contribution is -0.141. The van der Waals surface area contributed by atoms with Crippen LogP contribution in [0.15, 0.2) is 60.8 Å². The molecule has 2 atom stereocenters. The zero-order valence-corrected chi connectivity index (χ0v) is 19.0. The average Bonchev–Trinajstić information content (AvgIpc) is 2.84. The van der Waals surface area contributed by atoms with E-state index in [1.54, 1.807) is 0 Å². The molecule has 0 radical (unpaired) electrons. The summed E-state index contributed by atoms with van der Waals surface area (Å²) in [6.45, 7) is 0. The Morgan fingerprint density at radius 1 is 1.03 bits per heavy atom. The molecule has 0 fully saturated rings. The van der Waals surface area contributed by atoms with Gasteiger partial charge in [-0.3, -0.25) is 15.1 Å². The molecule has 0 saturated heterocycles. The Hall–Kier alpha value is -3.53. The number of methoxy groups -OCH3 is 1. The first kappa shape index (κ1) is 26.1. The van der Waals surface area contributed by atoms with Crippen molar-refractivity contribution in [2.75, 3.05) is 14.2 Å². The molecule has 1 heterocycles. The molecule has 0 aliphatic carbocycles. The van der Waals surface area contributed by atoms with Gasteiger partial charge in [0, 0.05) is 19.3 Å². The minimum absolute atomic E-state index is 0.00349. The van der Waals surface area contributed by atoms with E-state index in [2.05, 4.69) is 15.6 Å². The molecule has 0 unspecified atom stereocenters. The maximum absolute atomic E-state index is 14.0. The lowest BCUT2D eigenvalue weighted by Crippen LogP contribution is -2.38. The van der Waals surface area contributed by atoms with Crippen molar-refractivity contribution in [2.45, 2.75) is 31.1 Å². The van der Waals surface area contributed by atoms with Crippen LogP contribution in [-0.2, 0) is 17.4 Å². The Morgan fingerprint density at radius 3 is 2.29 bits per heavy atom. The van der Waals surface area contributed by atoms with Gasteiger partial charge in [0.2, 0.25) is 5.91 Å². The number of alkyl halides is 3. The molecule has 0 spiro atoms. The first-order valence-corrected chi connectivity index (χ1v) is 10.7. The summed E-state index contributed by atoms with van der Waals surface area (Å²) in [7, 11) is 2.79. The number of amides is 1. The van der Waals surface area contributed by atoms with Crippen molar-refractivity contribution in [3.63, 3.8) is 0 Å². The van der Waals surface area contributed by atoms with Crippen LogP contribution < -0.4 is 15.4 Å². The zero-order valence-electron chi connectivity index (χ0n) is 19.0. The molecular formula is C25H24F5N3O2. The van der Waals surface area contributed by atoms with Crippen molar-refractivity contribution in [2.24, 2.45) is 0 Å². The van der Waals surface area contributed by atoms with Crippen molar-refractivity contribution in [1.82, 2.24) is 15.6 Å². The number of ether oxygens (including phenoxy) is 1. The van der Waals surface area contributed by atoms with E-state index < -0.39 is 35.6 Å². The second kappa shape index (κ2) is 11.3. The molecule has 1 amide bonds. The van der Waals surface area contributed by atoms with Crippen LogP contribution in [-0.4, -0.2) is 25.0 Å². The highest BCUT2D eigenvalue weighted by molar-refractivity contribution is 5.83. The summed E-state index contributed by atoms with van der Waals surface area (Å²) >= 11 is 0. The fourth-order valence-electron chi connectivity index (χ4n) is 3.61. The van der Waals surface area contributed by atoms with E-state index in [1.807, 2.05) is 0 Å². The Morgan fingerprint density at radius 2 is 1.71 bits per heavy atom. The van der Waals surface area contributed by atoms with Crippen molar-refractivity contribution >= 4 is 5.91 Å². The molecule has 0 aliphatic rings. The Balaban J connectivity index is 1.91. The average molecular weight is 493 g/mol. The molecule has 0 bridgehead atoms. The molecule has 10 heteroatoms. The number of nitrogens with zero attached hydrogens (tertiary/aromatic N) is 1. The Kier molecular flexibility index (Phi) is 8.39. The first-order valence-electron chi connectivity index (χ1n) is 10.7. The molecule has 35 heavy (non-hydrogen) atoms. The van der Waals surface area contributed by atoms with Gasteiger partial charge in [-0.25, -0.2) is 8.78 Å². The Bertz CT molecular complexity index is 1140. The van der Waals surface area contributed by atoms with Crippen molar-refractivity contribution in [3.8, 4) is 5.75 Å². The van der Waals surface area contributed by atoms with Crippen LogP contribution in [0.2, 0.25) is 0 Å². The third-order valence-corrected chi connectivity index (χ3v) is 5.49. The third-order valence-electron chi connectivity index (χ3n) is 5.49. The van der Waals surface area contributed by atoms with Gasteiger partial charge in [0.1, 0.15) is 17.6 Å². The fourth-order valence-corrected chi connectivity index (χ4v) is 3.61. The number of halogens is 5. The fraction of sp³-hybridized carbons (Fsp3) is 0.280. The van der Waals surface area contributed by atoms with E-state index in [0.29, 0.717) is 29.5 Å². The highest BCUT2D eigenvalue weighted by Gasteiger charge is 2.32. The lowest BCUT2D eigenvalue weighted by Gasteiger charge is -2.26. The monoisotopic (exact) mass is 493 g/mol. The minimum Gasteiger partial charge on any atom is -0.494 e. The van der Waals surface area contributed by atoms with Crippen molar-refractivity contribution in [3.05, 3.63) is 94.8 Å². The molecule has 3 aromatic rings. The van der Waals surface area contributed by atoms with E-state index in [-0.39, 0.29) is 11.7 Å². The third kappa shape index (κ3) is 6.75. The second-order valence-corrected chi connectivity index (χ2v) is 7.80. The topological polar surface area (TPSA) is 63.2 Å².